The van der Waals surface area contributed by atoms with Crippen molar-refractivity contribution in [2.45, 2.75) is 18.8 Å². The molecule has 0 bridgehead atoms. The molecule has 0 radical (unpaired) electrons. The van der Waals surface area contributed by atoms with Gasteiger partial charge in [-0.2, -0.15) is 0 Å². The van der Waals surface area contributed by atoms with E-state index in [1.807, 2.05) is 37.2 Å². The van der Waals surface area contributed by atoms with Crippen LogP contribution in [0.4, 0.5) is 11.6 Å². The average Bonchev–Trinajstić information content (AvgIpc) is 3.24. The first kappa shape index (κ1) is 18.7. The summed E-state index contributed by atoms with van der Waals surface area (Å²) in [5.41, 5.74) is 2.06. The van der Waals surface area contributed by atoms with Gasteiger partial charge >= 0.3 is 0 Å². The van der Waals surface area contributed by atoms with Crippen molar-refractivity contribution in [1.82, 2.24) is 15.0 Å². The van der Waals surface area contributed by atoms with Crippen molar-refractivity contribution in [3.05, 3.63) is 47.0 Å². The summed E-state index contributed by atoms with van der Waals surface area (Å²) >= 11 is 1.75. The van der Waals surface area contributed by atoms with Crippen LogP contribution in [-0.2, 0) is 0 Å². The van der Waals surface area contributed by atoms with Crippen molar-refractivity contribution in [2.24, 2.45) is 0 Å². The molecule has 1 aliphatic rings. The van der Waals surface area contributed by atoms with Gasteiger partial charge in [0.2, 0.25) is 0 Å². The number of anilines is 2. The highest BCUT2D eigenvalue weighted by Gasteiger charge is 2.26. The summed E-state index contributed by atoms with van der Waals surface area (Å²) in [7, 11) is 5.72. The van der Waals surface area contributed by atoms with E-state index in [2.05, 4.69) is 26.3 Å². The number of hydrogen-bond acceptors (Lipinski definition) is 7. The second kappa shape index (κ2) is 8.14. The Kier molecular flexibility index (Phi) is 5.43. The summed E-state index contributed by atoms with van der Waals surface area (Å²) < 4.78 is 5.49. The molecule has 2 aromatic heterocycles. The predicted octanol–water partition coefficient (Wildman–Crippen LogP) is 4.06. The van der Waals surface area contributed by atoms with E-state index in [0.29, 0.717) is 5.92 Å². The van der Waals surface area contributed by atoms with Crippen molar-refractivity contribution >= 4 is 23.0 Å². The number of piperidine rings is 1. The lowest BCUT2D eigenvalue weighted by molar-refractivity contribution is 0.416. The molecule has 3 aromatic rings. The third-order valence-corrected chi connectivity index (χ3v) is 6.14. The quantitative estimate of drug-likeness (QED) is 0.649. The zero-order valence-corrected chi connectivity index (χ0v) is 17.3. The SMILES string of the molecule is COc1ccccc1-c1csc(C2CCN(c3nccnc3N(C)C)CC2)n1. The molecule has 0 spiro atoms. The molecule has 6 nitrogen and oxygen atoms in total. The van der Waals surface area contributed by atoms with Gasteiger partial charge in [0.25, 0.3) is 0 Å². The summed E-state index contributed by atoms with van der Waals surface area (Å²) in [4.78, 5) is 18.4. The molecule has 3 heterocycles. The van der Waals surface area contributed by atoms with Crippen LogP contribution in [0.1, 0.15) is 23.8 Å². The Morgan fingerprint density at radius 2 is 1.86 bits per heavy atom. The maximum atomic E-state index is 5.49. The van der Waals surface area contributed by atoms with Gasteiger partial charge in [-0.3, -0.25) is 0 Å². The second-order valence-electron chi connectivity index (χ2n) is 7.13. The van der Waals surface area contributed by atoms with E-state index >= 15 is 0 Å². The molecule has 0 unspecified atom stereocenters. The van der Waals surface area contributed by atoms with E-state index in [4.69, 9.17) is 9.72 Å². The Morgan fingerprint density at radius 3 is 2.61 bits per heavy atom. The maximum Gasteiger partial charge on any atom is 0.171 e. The van der Waals surface area contributed by atoms with Crippen LogP contribution in [0.5, 0.6) is 5.75 Å². The number of aromatic nitrogens is 3. The molecule has 0 N–H and O–H groups in total. The van der Waals surface area contributed by atoms with Gasteiger partial charge in [-0.15, -0.1) is 11.3 Å². The van der Waals surface area contributed by atoms with Crippen LogP contribution in [0.15, 0.2) is 42.0 Å². The first-order chi connectivity index (χ1) is 13.7. The summed E-state index contributed by atoms with van der Waals surface area (Å²) in [6.07, 6.45) is 5.67. The lowest BCUT2D eigenvalue weighted by atomic mass is 9.97. The van der Waals surface area contributed by atoms with E-state index in [9.17, 15) is 0 Å². The van der Waals surface area contributed by atoms with Crippen molar-refractivity contribution in [3.8, 4) is 17.0 Å². The van der Waals surface area contributed by atoms with Gasteiger partial charge in [-0.1, -0.05) is 12.1 Å². The fourth-order valence-electron chi connectivity index (χ4n) is 3.66. The van der Waals surface area contributed by atoms with E-state index in [0.717, 1.165) is 54.6 Å². The fourth-order valence-corrected chi connectivity index (χ4v) is 4.65. The molecule has 0 saturated carbocycles. The summed E-state index contributed by atoms with van der Waals surface area (Å²) in [5.74, 6) is 3.26. The van der Waals surface area contributed by atoms with Crippen molar-refractivity contribution < 1.29 is 4.74 Å². The number of para-hydroxylation sites is 1. The average molecular weight is 396 g/mol. The van der Waals surface area contributed by atoms with E-state index < -0.39 is 0 Å². The number of benzene rings is 1. The minimum Gasteiger partial charge on any atom is -0.496 e. The van der Waals surface area contributed by atoms with E-state index in [-0.39, 0.29) is 0 Å². The van der Waals surface area contributed by atoms with Crippen LogP contribution < -0.4 is 14.5 Å². The lowest BCUT2D eigenvalue weighted by Crippen LogP contribution is -2.34. The molecule has 4 rings (SSSR count). The first-order valence-electron chi connectivity index (χ1n) is 9.49. The van der Waals surface area contributed by atoms with Gasteiger partial charge in [0, 0.05) is 56.4 Å². The number of thiazole rings is 1. The topological polar surface area (TPSA) is 54.4 Å². The molecule has 0 amide bonds. The molecule has 28 heavy (non-hydrogen) atoms. The monoisotopic (exact) mass is 395 g/mol. The Balaban J connectivity index is 1.47. The largest absolute Gasteiger partial charge is 0.496 e. The number of methoxy groups -OCH3 is 1. The molecular formula is C21H25N5OS. The smallest absolute Gasteiger partial charge is 0.171 e. The van der Waals surface area contributed by atoms with Crippen molar-refractivity contribution in [2.75, 3.05) is 44.1 Å². The number of ether oxygens (including phenoxy) is 1. The zero-order chi connectivity index (χ0) is 19.5. The predicted molar refractivity (Wildman–Crippen MR) is 115 cm³/mol. The molecule has 1 saturated heterocycles. The highest BCUT2D eigenvalue weighted by Crippen LogP contribution is 2.37. The molecule has 1 aromatic carbocycles. The van der Waals surface area contributed by atoms with Crippen LogP contribution in [0, 0.1) is 0 Å². The molecule has 0 aliphatic carbocycles. The van der Waals surface area contributed by atoms with Crippen LogP contribution >= 0.6 is 11.3 Å². The third-order valence-electron chi connectivity index (χ3n) is 5.13. The molecule has 1 fully saturated rings. The lowest BCUT2D eigenvalue weighted by Gasteiger charge is -2.33. The molecule has 7 heteroatoms. The molecule has 0 atom stereocenters. The van der Waals surface area contributed by atoms with E-state index in [1.165, 1.54) is 5.01 Å². The Morgan fingerprint density at radius 1 is 1.11 bits per heavy atom. The number of hydrogen-bond donors (Lipinski definition) is 0. The Hall–Kier alpha value is -2.67. The molecule has 1 aliphatic heterocycles. The van der Waals surface area contributed by atoms with Crippen LogP contribution in [-0.4, -0.2) is 49.2 Å². The van der Waals surface area contributed by atoms with Gasteiger partial charge in [-0.25, -0.2) is 15.0 Å². The Labute approximate surface area is 169 Å². The van der Waals surface area contributed by atoms with E-state index in [1.54, 1.807) is 30.8 Å². The minimum absolute atomic E-state index is 0.490. The van der Waals surface area contributed by atoms with Crippen LogP contribution in [0.25, 0.3) is 11.3 Å². The summed E-state index contributed by atoms with van der Waals surface area (Å²) in [5, 5.41) is 3.36. The maximum absolute atomic E-state index is 5.49. The van der Waals surface area contributed by atoms with Gasteiger partial charge in [-0.05, 0) is 25.0 Å². The second-order valence-corrected chi connectivity index (χ2v) is 8.02. The van der Waals surface area contributed by atoms with Crippen LogP contribution in [0.2, 0.25) is 0 Å². The highest BCUT2D eigenvalue weighted by atomic mass is 32.1. The molecular weight excluding hydrogens is 370 g/mol. The third kappa shape index (κ3) is 3.67. The van der Waals surface area contributed by atoms with Gasteiger partial charge < -0.3 is 14.5 Å². The minimum atomic E-state index is 0.490. The number of rotatable bonds is 5. The normalized spacial score (nSPS) is 14.9. The van der Waals surface area contributed by atoms with Gasteiger partial charge in [0.05, 0.1) is 17.8 Å². The first-order valence-corrected chi connectivity index (χ1v) is 10.4. The van der Waals surface area contributed by atoms with Gasteiger partial charge in [0.15, 0.2) is 11.6 Å². The Bertz CT molecular complexity index is 934. The highest BCUT2D eigenvalue weighted by molar-refractivity contribution is 7.10. The van der Waals surface area contributed by atoms with Crippen molar-refractivity contribution in [3.63, 3.8) is 0 Å². The van der Waals surface area contributed by atoms with Crippen LogP contribution in [0.3, 0.4) is 0 Å². The van der Waals surface area contributed by atoms with Gasteiger partial charge in [0.1, 0.15) is 5.75 Å². The molecule has 146 valence electrons. The summed E-state index contributed by atoms with van der Waals surface area (Å²) in [6.45, 7) is 1.93. The fraction of sp³-hybridized carbons (Fsp3) is 0.381. The zero-order valence-electron chi connectivity index (χ0n) is 16.5. The van der Waals surface area contributed by atoms with Crippen molar-refractivity contribution in [1.29, 1.82) is 0 Å². The number of nitrogens with zero attached hydrogens (tertiary/aromatic N) is 5. The summed E-state index contributed by atoms with van der Waals surface area (Å²) in [6, 6.07) is 8.06. The standard InChI is InChI=1S/C21H25N5OS/c1-25(2)19-20(23-11-10-22-19)26-12-8-15(9-13-26)21-24-17(14-28-21)16-6-4-5-7-18(16)27-3/h4-7,10-11,14-15H,8-9,12-13H2,1-3H3.